The van der Waals surface area contributed by atoms with Gasteiger partial charge >= 0.3 is 0 Å². The average Bonchev–Trinajstić information content (AvgIpc) is 2.57. The highest BCUT2D eigenvalue weighted by Gasteiger charge is 2.32. The minimum Gasteiger partial charge on any atom is -0.296 e. The highest BCUT2D eigenvalue weighted by Crippen LogP contribution is 2.33. The summed E-state index contributed by atoms with van der Waals surface area (Å²) in [7, 11) is 0. The molecule has 2 aliphatic rings. The van der Waals surface area contributed by atoms with Crippen molar-refractivity contribution in [3.05, 3.63) is 70.8 Å². The maximum atomic E-state index is 13.7. The number of halogens is 2. The average molecular weight is 314 g/mol. The molecular weight excluding hydrogens is 294 g/mol. The van der Waals surface area contributed by atoms with E-state index < -0.39 is 0 Å². The molecule has 2 aliphatic heterocycles. The lowest BCUT2D eigenvalue weighted by Crippen LogP contribution is -2.50. The van der Waals surface area contributed by atoms with E-state index in [0.717, 1.165) is 50.3 Å². The van der Waals surface area contributed by atoms with Crippen LogP contribution in [0, 0.1) is 11.6 Å². The molecule has 0 saturated carbocycles. The van der Waals surface area contributed by atoms with E-state index in [2.05, 4.69) is 9.80 Å². The van der Waals surface area contributed by atoms with Gasteiger partial charge in [-0.05, 0) is 47.4 Å². The predicted octanol–water partition coefficient (Wildman–Crippen LogP) is 3.38. The van der Waals surface area contributed by atoms with Crippen LogP contribution in [0.25, 0.3) is 0 Å². The monoisotopic (exact) mass is 314 g/mol. The van der Waals surface area contributed by atoms with Crippen molar-refractivity contribution in [2.45, 2.75) is 19.0 Å². The Morgan fingerprint density at radius 3 is 2.52 bits per heavy atom. The molecule has 1 atom stereocenters. The maximum absolute atomic E-state index is 13.7. The van der Waals surface area contributed by atoms with Gasteiger partial charge in [-0.3, -0.25) is 9.80 Å². The highest BCUT2D eigenvalue weighted by molar-refractivity contribution is 5.34. The summed E-state index contributed by atoms with van der Waals surface area (Å²) in [5.74, 6) is -0.350. The molecule has 1 saturated heterocycles. The predicted molar refractivity (Wildman–Crippen MR) is 86.1 cm³/mol. The van der Waals surface area contributed by atoms with Gasteiger partial charge in [0, 0.05) is 38.8 Å². The first-order valence-corrected chi connectivity index (χ1v) is 8.18. The van der Waals surface area contributed by atoms with Crippen LogP contribution in [0.2, 0.25) is 0 Å². The summed E-state index contributed by atoms with van der Waals surface area (Å²) in [6.07, 6.45) is 1.00. The zero-order valence-corrected chi connectivity index (χ0v) is 13.0. The molecule has 23 heavy (non-hydrogen) atoms. The van der Waals surface area contributed by atoms with Crippen LogP contribution in [0.5, 0.6) is 0 Å². The zero-order chi connectivity index (χ0) is 15.8. The van der Waals surface area contributed by atoms with Crippen LogP contribution in [-0.4, -0.2) is 36.0 Å². The number of hydrogen-bond donors (Lipinski definition) is 0. The molecule has 2 nitrogen and oxygen atoms in total. The fourth-order valence-corrected chi connectivity index (χ4v) is 3.80. The summed E-state index contributed by atoms with van der Waals surface area (Å²) in [4.78, 5) is 4.84. The topological polar surface area (TPSA) is 6.48 Å². The fraction of sp³-hybridized carbons (Fsp3) is 0.368. The van der Waals surface area contributed by atoms with Gasteiger partial charge in [0.25, 0.3) is 0 Å². The molecule has 0 bridgehead atoms. The molecule has 0 aromatic heterocycles. The Labute approximate surface area is 135 Å². The van der Waals surface area contributed by atoms with Crippen LogP contribution >= 0.6 is 0 Å². The smallest absolute Gasteiger partial charge is 0.123 e. The summed E-state index contributed by atoms with van der Waals surface area (Å²) in [5.41, 5.74) is 3.53. The number of nitrogens with zero attached hydrogens (tertiary/aromatic N) is 2. The largest absolute Gasteiger partial charge is 0.296 e. The Balaban J connectivity index is 1.53. The number of rotatable bonds is 2. The summed E-state index contributed by atoms with van der Waals surface area (Å²) in [6.45, 7) is 4.76. The number of hydrogen-bond acceptors (Lipinski definition) is 2. The van der Waals surface area contributed by atoms with Gasteiger partial charge in [-0.1, -0.05) is 18.2 Å². The maximum Gasteiger partial charge on any atom is 0.123 e. The van der Waals surface area contributed by atoms with E-state index in [-0.39, 0.29) is 17.7 Å². The van der Waals surface area contributed by atoms with E-state index in [9.17, 15) is 8.78 Å². The van der Waals surface area contributed by atoms with E-state index in [1.807, 2.05) is 18.2 Å². The van der Waals surface area contributed by atoms with Gasteiger partial charge in [0.05, 0.1) is 0 Å². The van der Waals surface area contributed by atoms with E-state index in [0.29, 0.717) is 0 Å². The third kappa shape index (κ3) is 3.01. The molecule has 0 N–H and O–H groups in total. The van der Waals surface area contributed by atoms with Gasteiger partial charge < -0.3 is 0 Å². The van der Waals surface area contributed by atoms with Gasteiger partial charge in [0.2, 0.25) is 0 Å². The molecular formula is C19H20F2N2. The number of benzene rings is 2. The molecule has 0 amide bonds. The van der Waals surface area contributed by atoms with Crippen molar-refractivity contribution >= 4 is 0 Å². The van der Waals surface area contributed by atoms with Crippen LogP contribution in [-0.2, 0) is 13.0 Å². The van der Waals surface area contributed by atoms with Crippen molar-refractivity contribution < 1.29 is 8.78 Å². The van der Waals surface area contributed by atoms with Crippen molar-refractivity contribution in [2.24, 2.45) is 0 Å². The molecule has 0 aliphatic carbocycles. The summed E-state index contributed by atoms with van der Waals surface area (Å²) in [5, 5.41) is 0. The fourth-order valence-electron chi connectivity index (χ4n) is 3.80. The Hall–Kier alpha value is -1.78. The van der Waals surface area contributed by atoms with Gasteiger partial charge in [-0.15, -0.1) is 0 Å². The molecule has 2 aromatic rings. The van der Waals surface area contributed by atoms with Gasteiger partial charge in [-0.25, -0.2) is 8.78 Å². The highest BCUT2D eigenvalue weighted by atomic mass is 19.1. The third-order valence-electron chi connectivity index (χ3n) is 5.03. The molecule has 2 aromatic carbocycles. The summed E-state index contributed by atoms with van der Waals surface area (Å²) >= 11 is 0. The van der Waals surface area contributed by atoms with Crippen LogP contribution in [0.1, 0.15) is 22.7 Å². The molecule has 4 heteroatoms. The second-order valence-corrected chi connectivity index (χ2v) is 6.51. The first-order chi connectivity index (χ1) is 11.2. The normalized spacial score (nSPS) is 21.7. The first-order valence-electron chi connectivity index (χ1n) is 8.18. The van der Waals surface area contributed by atoms with Crippen molar-refractivity contribution in [2.75, 3.05) is 26.2 Å². The Bertz CT molecular complexity index is 699. The van der Waals surface area contributed by atoms with Gasteiger partial charge in [-0.2, -0.15) is 0 Å². The molecule has 1 unspecified atom stereocenters. The Kier molecular flexibility index (Phi) is 3.87. The minimum atomic E-state index is -0.199. The van der Waals surface area contributed by atoms with Crippen LogP contribution in [0.4, 0.5) is 8.78 Å². The molecule has 1 fully saturated rings. The number of fused-ring (bicyclic) bond motifs is 3. The van der Waals surface area contributed by atoms with Crippen LogP contribution in [0.3, 0.4) is 0 Å². The summed E-state index contributed by atoms with van der Waals surface area (Å²) < 4.78 is 26.7. The van der Waals surface area contributed by atoms with E-state index in [1.54, 1.807) is 12.1 Å². The lowest BCUT2D eigenvalue weighted by atomic mass is 9.90. The van der Waals surface area contributed by atoms with Crippen molar-refractivity contribution in [3.63, 3.8) is 0 Å². The van der Waals surface area contributed by atoms with Crippen molar-refractivity contribution in [1.29, 1.82) is 0 Å². The Morgan fingerprint density at radius 1 is 0.913 bits per heavy atom. The summed E-state index contributed by atoms with van der Waals surface area (Å²) in [6, 6.07) is 12.2. The molecule has 4 rings (SSSR count). The van der Waals surface area contributed by atoms with Crippen LogP contribution in [0.15, 0.2) is 42.5 Å². The van der Waals surface area contributed by atoms with Crippen molar-refractivity contribution in [1.82, 2.24) is 9.80 Å². The quantitative estimate of drug-likeness (QED) is 0.838. The lowest BCUT2D eigenvalue weighted by Gasteiger charge is -2.45. The second kappa shape index (κ2) is 6.02. The second-order valence-electron chi connectivity index (χ2n) is 6.51. The van der Waals surface area contributed by atoms with Gasteiger partial charge in [0.15, 0.2) is 0 Å². The van der Waals surface area contributed by atoms with Gasteiger partial charge in [0.1, 0.15) is 11.6 Å². The van der Waals surface area contributed by atoms with E-state index in [1.165, 1.54) is 17.7 Å². The molecule has 2 heterocycles. The lowest BCUT2D eigenvalue weighted by molar-refractivity contribution is 0.0628. The van der Waals surface area contributed by atoms with E-state index in [4.69, 9.17) is 0 Å². The first kappa shape index (κ1) is 14.8. The third-order valence-corrected chi connectivity index (χ3v) is 5.03. The minimum absolute atomic E-state index is 0.152. The van der Waals surface area contributed by atoms with Crippen molar-refractivity contribution in [3.8, 4) is 0 Å². The SMILES string of the molecule is Fc1ccc(CN2CCN3CCc4ccc(F)cc4C3C2)cc1. The molecule has 0 radical (unpaired) electrons. The zero-order valence-electron chi connectivity index (χ0n) is 13.0. The Morgan fingerprint density at radius 2 is 1.70 bits per heavy atom. The molecule has 120 valence electrons. The molecule has 0 spiro atoms. The van der Waals surface area contributed by atoms with E-state index >= 15 is 0 Å². The van der Waals surface area contributed by atoms with Crippen LogP contribution < -0.4 is 0 Å². The number of piperazine rings is 1. The standard InChI is InChI=1S/C19H20F2N2/c20-16-4-1-14(2-5-16)12-22-9-10-23-8-7-15-3-6-17(21)11-18(15)19(23)13-22/h1-6,11,19H,7-10,12-13H2.